The van der Waals surface area contributed by atoms with Gasteiger partial charge in [-0.15, -0.1) is 0 Å². The van der Waals surface area contributed by atoms with E-state index in [1.165, 1.54) is 11.3 Å². The topological polar surface area (TPSA) is 44.0 Å². The Morgan fingerprint density at radius 2 is 2.12 bits per heavy atom. The Balaban J connectivity index is 2.09. The summed E-state index contributed by atoms with van der Waals surface area (Å²) in [5.41, 5.74) is 4.72. The minimum absolute atomic E-state index is 0.760. The molecule has 0 amide bonds. The van der Waals surface area contributed by atoms with Crippen molar-refractivity contribution in [3.05, 3.63) is 41.7 Å². The molecule has 4 nitrogen and oxygen atoms in total. The lowest BCUT2D eigenvalue weighted by molar-refractivity contribution is 0.981. The molecule has 0 radical (unpaired) electrons. The summed E-state index contributed by atoms with van der Waals surface area (Å²) < 4.78 is 0. The third kappa shape index (κ3) is 2.78. The molecule has 0 saturated heterocycles. The zero-order chi connectivity index (χ0) is 12.3. The molecule has 2 aromatic rings. The van der Waals surface area contributed by atoms with E-state index in [1.54, 1.807) is 6.20 Å². The molecule has 1 heterocycles. The molecule has 2 rings (SSSR count). The van der Waals surface area contributed by atoms with Gasteiger partial charge in [-0.05, 0) is 30.7 Å². The highest BCUT2D eigenvalue weighted by molar-refractivity contribution is 5.61. The highest BCUT2D eigenvalue weighted by Crippen LogP contribution is 2.22. The summed E-state index contributed by atoms with van der Waals surface area (Å²) in [5, 5.41) is 10.2. The summed E-state index contributed by atoms with van der Waals surface area (Å²) in [6.45, 7) is 2.88. The molecule has 1 aromatic carbocycles. The molecule has 17 heavy (non-hydrogen) atoms. The van der Waals surface area contributed by atoms with Crippen molar-refractivity contribution in [2.45, 2.75) is 13.5 Å². The molecule has 2 N–H and O–H groups in total. The van der Waals surface area contributed by atoms with Gasteiger partial charge in [-0.3, -0.25) is 5.10 Å². The fourth-order valence-electron chi connectivity index (χ4n) is 1.78. The monoisotopic (exact) mass is 230 g/mol. The second kappa shape index (κ2) is 4.91. The molecule has 0 aliphatic heterocycles. The van der Waals surface area contributed by atoms with Gasteiger partial charge in [-0.2, -0.15) is 5.10 Å². The molecule has 4 heteroatoms. The number of H-pyrrole nitrogens is 1. The van der Waals surface area contributed by atoms with Crippen molar-refractivity contribution in [3.63, 3.8) is 0 Å². The molecule has 0 saturated carbocycles. The van der Waals surface area contributed by atoms with Gasteiger partial charge in [0.15, 0.2) is 0 Å². The van der Waals surface area contributed by atoms with E-state index < -0.39 is 0 Å². The van der Waals surface area contributed by atoms with Crippen LogP contribution in [0.2, 0.25) is 0 Å². The Bertz CT molecular complexity index is 474. The van der Waals surface area contributed by atoms with Crippen LogP contribution in [0.3, 0.4) is 0 Å². The van der Waals surface area contributed by atoms with Crippen LogP contribution in [-0.2, 0) is 6.54 Å². The van der Waals surface area contributed by atoms with Crippen LogP contribution in [0.1, 0.15) is 11.3 Å². The van der Waals surface area contributed by atoms with Crippen LogP contribution in [0.4, 0.5) is 11.4 Å². The van der Waals surface area contributed by atoms with Crippen LogP contribution in [0.15, 0.2) is 30.5 Å². The molecule has 1 aromatic heterocycles. The quantitative estimate of drug-likeness (QED) is 0.847. The largest absolute Gasteiger partial charge is 0.379 e. The summed E-state index contributed by atoms with van der Waals surface area (Å²) in [6.07, 6.45) is 1.76. The molecule has 0 spiro atoms. The average molecular weight is 230 g/mol. The van der Waals surface area contributed by atoms with Crippen LogP contribution < -0.4 is 10.2 Å². The molecule has 0 unspecified atom stereocenters. The lowest BCUT2D eigenvalue weighted by Gasteiger charge is -2.17. The lowest BCUT2D eigenvalue weighted by atomic mass is 10.1. The molecule has 0 bridgehead atoms. The number of nitrogens with one attached hydrogen (secondary N) is 2. The number of aromatic nitrogens is 2. The van der Waals surface area contributed by atoms with Crippen molar-refractivity contribution >= 4 is 11.4 Å². The van der Waals surface area contributed by atoms with Crippen LogP contribution in [0.5, 0.6) is 0 Å². The summed E-state index contributed by atoms with van der Waals surface area (Å²) in [5.74, 6) is 0. The van der Waals surface area contributed by atoms with E-state index in [0.29, 0.717) is 0 Å². The SMILES string of the molecule is Cc1ccc(NCc2ccn[nH]2)cc1N(C)C. The number of aromatic amines is 1. The zero-order valence-electron chi connectivity index (χ0n) is 10.5. The lowest BCUT2D eigenvalue weighted by Crippen LogP contribution is -2.11. The summed E-state index contributed by atoms with van der Waals surface area (Å²) >= 11 is 0. The predicted octanol–water partition coefficient (Wildman–Crippen LogP) is 2.40. The molecular formula is C13H18N4. The third-order valence-corrected chi connectivity index (χ3v) is 2.73. The van der Waals surface area contributed by atoms with Gasteiger partial charge in [0.05, 0.1) is 12.2 Å². The van der Waals surface area contributed by atoms with Gasteiger partial charge in [-0.25, -0.2) is 0 Å². The van der Waals surface area contributed by atoms with Gasteiger partial charge in [-0.1, -0.05) is 6.07 Å². The van der Waals surface area contributed by atoms with E-state index in [9.17, 15) is 0 Å². The summed E-state index contributed by atoms with van der Waals surface area (Å²) in [7, 11) is 4.11. The highest BCUT2D eigenvalue weighted by Gasteiger charge is 2.02. The predicted molar refractivity (Wildman–Crippen MR) is 71.4 cm³/mol. The molecule has 0 aliphatic rings. The van der Waals surface area contributed by atoms with Crippen molar-refractivity contribution in [3.8, 4) is 0 Å². The number of benzene rings is 1. The number of hydrogen-bond acceptors (Lipinski definition) is 3. The Morgan fingerprint density at radius 1 is 1.29 bits per heavy atom. The van der Waals surface area contributed by atoms with E-state index in [2.05, 4.69) is 59.6 Å². The van der Waals surface area contributed by atoms with E-state index >= 15 is 0 Å². The summed E-state index contributed by atoms with van der Waals surface area (Å²) in [6, 6.07) is 8.35. The first kappa shape index (κ1) is 11.5. The smallest absolute Gasteiger partial charge is 0.0567 e. The Hall–Kier alpha value is -1.97. The first-order valence-corrected chi connectivity index (χ1v) is 5.67. The number of hydrogen-bond donors (Lipinski definition) is 2. The first-order valence-electron chi connectivity index (χ1n) is 5.67. The number of aryl methyl sites for hydroxylation is 1. The molecule has 0 aliphatic carbocycles. The van der Waals surface area contributed by atoms with Gasteiger partial charge in [0.1, 0.15) is 0 Å². The fraction of sp³-hybridized carbons (Fsp3) is 0.308. The standard InChI is InChI=1S/C13H18N4/c1-10-4-5-11(8-13(10)17(2)3)14-9-12-6-7-15-16-12/h4-8,14H,9H2,1-3H3,(H,15,16). The van der Waals surface area contributed by atoms with Gasteiger partial charge in [0.2, 0.25) is 0 Å². The van der Waals surface area contributed by atoms with Gasteiger partial charge in [0.25, 0.3) is 0 Å². The van der Waals surface area contributed by atoms with E-state index in [0.717, 1.165) is 17.9 Å². The van der Waals surface area contributed by atoms with E-state index in [-0.39, 0.29) is 0 Å². The van der Waals surface area contributed by atoms with Crippen molar-refractivity contribution in [1.82, 2.24) is 10.2 Å². The first-order chi connectivity index (χ1) is 8.16. The van der Waals surface area contributed by atoms with Gasteiger partial charge in [0, 0.05) is 31.7 Å². The second-order valence-corrected chi connectivity index (χ2v) is 4.33. The number of nitrogens with zero attached hydrogens (tertiary/aromatic N) is 2. The zero-order valence-corrected chi connectivity index (χ0v) is 10.5. The van der Waals surface area contributed by atoms with Gasteiger partial charge >= 0.3 is 0 Å². The van der Waals surface area contributed by atoms with Crippen molar-refractivity contribution in [1.29, 1.82) is 0 Å². The van der Waals surface area contributed by atoms with Crippen molar-refractivity contribution in [2.75, 3.05) is 24.3 Å². The molecule has 90 valence electrons. The second-order valence-electron chi connectivity index (χ2n) is 4.33. The van der Waals surface area contributed by atoms with Crippen LogP contribution in [-0.4, -0.2) is 24.3 Å². The Labute approximate surface area is 102 Å². The van der Waals surface area contributed by atoms with Crippen LogP contribution in [0, 0.1) is 6.92 Å². The molecule has 0 fully saturated rings. The van der Waals surface area contributed by atoms with Crippen molar-refractivity contribution < 1.29 is 0 Å². The highest BCUT2D eigenvalue weighted by atomic mass is 15.1. The Morgan fingerprint density at radius 3 is 2.76 bits per heavy atom. The molecular weight excluding hydrogens is 212 g/mol. The Kier molecular flexibility index (Phi) is 3.32. The molecule has 0 atom stereocenters. The average Bonchev–Trinajstić information content (AvgIpc) is 2.80. The van der Waals surface area contributed by atoms with E-state index in [4.69, 9.17) is 0 Å². The van der Waals surface area contributed by atoms with Crippen molar-refractivity contribution in [2.24, 2.45) is 0 Å². The maximum absolute atomic E-state index is 3.92. The maximum Gasteiger partial charge on any atom is 0.0567 e. The normalized spacial score (nSPS) is 10.3. The van der Waals surface area contributed by atoms with Gasteiger partial charge < -0.3 is 10.2 Å². The van der Waals surface area contributed by atoms with E-state index in [1.807, 2.05) is 6.07 Å². The van der Waals surface area contributed by atoms with Crippen LogP contribution >= 0.6 is 0 Å². The minimum Gasteiger partial charge on any atom is -0.379 e. The van der Waals surface area contributed by atoms with Crippen LogP contribution in [0.25, 0.3) is 0 Å². The number of anilines is 2. The third-order valence-electron chi connectivity index (χ3n) is 2.73. The maximum atomic E-state index is 3.92. The summed E-state index contributed by atoms with van der Waals surface area (Å²) in [4.78, 5) is 2.12. The fourth-order valence-corrected chi connectivity index (χ4v) is 1.78. The number of rotatable bonds is 4. The minimum atomic E-state index is 0.760.